The number of hydrogen-bond acceptors (Lipinski definition) is 2. The molecule has 8 aromatic carbocycles. The molecule has 2 aromatic heterocycles. The third-order valence-electron chi connectivity index (χ3n) is 10.6. The Kier molecular flexibility index (Phi) is 8.65. The number of para-hydroxylation sites is 2. The molecule has 10 aromatic rings. The highest BCUT2D eigenvalue weighted by Gasteiger charge is 2.15. The van der Waals surface area contributed by atoms with Gasteiger partial charge in [0.25, 0.3) is 0 Å². The second-order valence-electron chi connectivity index (χ2n) is 14.1. The van der Waals surface area contributed by atoms with Gasteiger partial charge in [-0.1, -0.05) is 140 Å². The lowest BCUT2D eigenvalue weighted by atomic mass is 10.0. The van der Waals surface area contributed by atoms with Gasteiger partial charge >= 0.3 is 0 Å². The lowest BCUT2D eigenvalue weighted by molar-refractivity contribution is 0.669. The number of nitrogens with zero attached hydrogens (tertiary/aromatic N) is 4. The summed E-state index contributed by atoms with van der Waals surface area (Å²) in [6.07, 6.45) is 0. The van der Waals surface area contributed by atoms with Crippen LogP contribution in [0.25, 0.3) is 71.7 Å². The normalized spacial score (nSPS) is 12.2. The van der Waals surface area contributed by atoms with E-state index >= 15 is 0 Å². The van der Waals surface area contributed by atoms with Gasteiger partial charge in [0.1, 0.15) is 11.2 Å². The van der Waals surface area contributed by atoms with Gasteiger partial charge in [-0.15, -0.1) is 0 Å². The molecule has 0 unspecified atom stereocenters. The van der Waals surface area contributed by atoms with Crippen LogP contribution >= 0.6 is 0 Å². The summed E-state index contributed by atoms with van der Waals surface area (Å²) in [6, 6.07) is 67.5. The lowest BCUT2D eigenvalue weighted by Gasteiger charge is -2.11. The van der Waals surface area contributed by atoms with E-state index in [4.69, 9.17) is 14.4 Å². The third kappa shape index (κ3) is 6.41. The molecular weight excluding hydrogens is 697 g/mol. The van der Waals surface area contributed by atoms with E-state index in [-0.39, 0.29) is 0 Å². The van der Waals surface area contributed by atoms with Crippen LogP contribution in [0.4, 0.5) is 0 Å². The Labute approximate surface area is 330 Å². The summed E-state index contributed by atoms with van der Waals surface area (Å²) >= 11 is 0. The number of benzene rings is 8. The molecule has 0 atom stereocenters. The third-order valence-corrected chi connectivity index (χ3v) is 10.6. The Bertz CT molecular complexity index is 3170. The molecule has 0 saturated carbocycles. The first kappa shape index (κ1) is 33.9. The van der Waals surface area contributed by atoms with Gasteiger partial charge in [-0.3, -0.25) is 4.99 Å². The van der Waals surface area contributed by atoms with Crippen molar-refractivity contribution in [3.63, 3.8) is 0 Å². The van der Waals surface area contributed by atoms with Crippen molar-refractivity contribution in [2.24, 2.45) is 15.0 Å². The molecule has 0 fully saturated rings. The Morgan fingerprint density at radius 2 is 1.05 bits per heavy atom. The van der Waals surface area contributed by atoms with Gasteiger partial charge in [-0.05, 0) is 89.1 Å². The van der Waals surface area contributed by atoms with Crippen molar-refractivity contribution in [3.8, 4) is 27.9 Å². The van der Waals surface area contributed by atoms with Crippen LogP contribution in [0.3, 0.4) is 0 Å². The number of furan rings is 1. The fraction of sp³-hybridized carbons (Fsp3) is 0.0192. The fourth-order valence-corrected chi connectivity index (χ4v) is 7.83. The maximum absolute atomic E-state index is 6.12. The molecular formula is C52H36N4O. The van der Waals surface area contributed by atoms with Crippen LogP contribution in [0.15, 0.2) is 214 Å². The van der Waals surface area contributed by atoms with E-state index in [0.29, 0.717) is 18.2 Å². The standard InChI is InChI=1S/C52H36N4O/c1-53-51(36-15-4-2-5-16-36)55-52(37-17-6-3-7-18-37)54-34-35-14-12-19-38(30-35)39-20-13-21-42(31-39)56-47-24-10-8-22-43(47)45-32-40(26-28-48(45)56)41-27-29-50-46(33-41)44-23-9-11-25-49(44)57-50/h2-33H,1,34H2. The van der Waals surface area contributed by atoms with E-state index in [1.54, 1.807) is 0 Å². The minimum Gasteiger partial charge on any atom is -0.456 e. The Hall–Kier alpha value is -7.63. The van der Waals surface area contributed by atoms with Crippen LogP contribution in [0.2, 0.25) is 0 Å². The van der Waals surface area contributed by atoms with E-state index in [1.807, 2.05) is 72.8 Å². The van der Waals surface area contributed by atoms with Gasteiger partial charge in [0.05, 0.1) is 17.6 Å². The first-order chi connectivity index (χ1) is 28.2. The molecule has 5 nitrogen and oxygen atoms in total. The van der Waals surface area contributed by atoms with Crippen LogP contribution in [-0.4, -0.2) is 23.0 Å². The topological polar surface area (TPSA) is 55.1 Å². The second-order valence-corrected chi connectivity index (χ2v) is 14.1. The first-order valence-corrected chi connectivity index (χ1v) is 19.1. The molecule has 0 bridgehead atoms. The van der Waals surface area contributed by atoms with Gasteiger partial charge in [0.15, 0.2) is 11.7 Å². The first-order valence-electron chi connectivity index (χ1n) is 19.1. The molecule has 10 rings (SSSR count). The summed E-state index contributed by atoms with van der Waals surface area (Å²) in [6.45, 7) is 4.26. The van der Waals surface area contributed by atoms with E-state index in [1.165, 1.54) is 21.9 Å². The number of fused-ring (bicyclic) bond motifs is 6. The molecule has 0 aliphatic carbocycles. The molecule has 0 N–H and O–H groups in total. The number of hydrogen-bond donors (Lipinski definition) is 0. The van der Waals surface area contributed by atoms with E-state index in [2.05, 4.69) is 138 Å². The Balaban J connectivity index is 1.00. The summed E-state index contributed by atoms with van der Waals surface area (Å²) in [5.41, 5.74) is 12.7. The number of amidine groups is 2. The summed E-state index contributed by atoms with van der Waals surface area (Å²) in [5.74, 6) is 1.15. The highest BCUT2D eigenvalue weighted by Crippen LogP contribution is 2.38. The predicted octanol–water partition coefficient (Wildman–Crippen LogP) is 13.1. The van der Waals surface area contributed by atoms with Gasteiger partial charge in [0, 0.05) is 38.4 Å². The van der Waals surface area contributed by atoms with Crippen molar-refractivity contribution >= 4 is 62.1 Å². The summed E-state index contributed by atoms with van der Waals surface area (Å²) in [4.78, 5) is 14.2. The van der Waals surface area contributed by atoms with Crippen LogP contribution in [-0.2, 0) is 6.54 Å². The molecule has 270 valence electrons. The average molecular weight is 733 g/mol. The van der Waals surface area contributed by atoms with E-state index in [0.717, 1.165) is 66.5 Å². The SMILES string of the molecule is C=NC(=NC(=NCc1cccc(-c2cccc(-n3c4ccccc4c4cc(-c5ccc6oc7ccccc7c6c5)ccc43)c2)c1)c1ccccc1)c1ccccc1. The molecule has 0 saturated heterocycles. The quantitative estimate of drug-likeness (QED) is 0.119. The van der Waals surface area contributed by atoms with Crippen molar-refractivity contribution in [2.45, 2.75) is 6.54 Å². The van der Waals surface area contributed by atoms with E-state index < -0.39 is 0 Å². The van der Waals surface area contributed by atoms with Crippen molar-refractivity contribution < 1.29 is 4.42 Å². The molecule has 0 aliphatic rings. The summed E-state index contributed by atoms with van der Waals surface area (Å²) in [5, 5.41) is 4.69. The maximum Gasteiger partial charge on any atom is 0.161 e. The zero-order valence-electron chi connectivity index (χ0n) is 31.1. The minimum atomic E-state index is 0.458. The molecule has 5 heteroatoms. The van der Waals surface area contributed by atoms with Crippen molar-refractivity contribution in [1.82, 2.24) is 4.57 Å². The predicted molar refractivity (Wildman–Crippen MR) is 238 cm³/mol. The van der Waals surface area contributed by atoms with Crippen LogP contribution in [0.5, 0.6) is 0 Å². The van der Waals surface area contributed by atoms with Crippen LogP contribution in [0, 0.1) is 0 Å². The molecule has 0 amide bonds. The number of aromatic nitrogens is 1. The maximum atomic E-state index is 6.12. The van der Waals surface area contributed by atoms with Crippen LogP contribution in [0.1, 0.15) is 16.7 Å². The fourth-order valence-electron chi connectivity index (χ4n) is 7.83. The van der Waals surface area contributed by atoms with Crippen molar-refractivity contribution in [3.05, 3.63) is 211 Å². The highest BCUT2D eigenvalue weighted by atomic mass is 16.3. The van der Waals surface area contributed by atoms with Crippen LogP contribution < -0.4 is 0 Å². The molecule has 57 heavy (non-hydrogen) atoms. The smallest absolute Gasteiger partial charge is 0.161 e. The van der Waals surface area contributed by atoms with Gasteiger partial charge in [-0.2, -0.15) is 0 Å². The highest BCUT2D eigenvalue weighted by molar-refractivity contribution is 6.13. The summed E-state index contributed by atoms with van der Waals surface area (Å²) in [7, 11) is 0. The monoisotopic (exact) mass is 732 g/mol. The zero-order chi connectivity index (χ0) is 38.1. The zero-order valence-corrected chi connectivity index (χ0v) is 31.1. The molecule has 0 radical (unpaired) electrons. The second kappa shape index (κ2) is 14.5. The lowest BCUT2D eigenvalue weighted by Crippen LogP contribution is -2.05. The van der Waals surface area contributed by atoms with Crippen molar-refractivity contribution in [2.75, 3.05) is 0 Å². The summed E-state index contributed by atoms with van der Waals surface area (Å²) < 4.78 is 8.50. The van der Waals surface area contributed by atoms with E-state index in [9.17, 15) is 0 Å². The Morgan fingerprint density at radius 1 is 0.456 bits per heavy atom. The number of rotatable bonds is 7. The minimum absolute atomic E-state index is 0.458. The van der Waals surface area contributed by atoms with Gasteiger partial charge < -0.3 is 8.98 Å². The Morgan fingerprint density at radius 3 is 1.84 bits per heavy atom. The van der Waals surface area contributed by atoms with Gasteiger partial charge in [0.2, 0.25) is 0 Å². The molecule has 0 aliphatic heterocycles. The van der Waals surface area contributed by atoms with Gasteiger partial charge in [-0.25, -0.2) is 9.98 Å². The molecule has 0 spiro atoms. The van der Waals surface area contributed by atoms with Crippen molar-refractivity contribution in [1.29, 1.82) is 0 Å². The number of aliphatic imine (C=N–C) groups is 3. The largest absolute Gasteiger partial charge is 0.456 e. The molecule has 2 heterocycles. The average Bonchev–Trinajstić information content (AvgIpc) is 3.82.